The first-order valence-corrected chi connectivity index (χ1v) is 9.90. The van der Waals surface area contributed by atoms with E-state index in [0.29, 0.717) is 32.6 Å². The smallest absolute Gasteiger partial charge is 0.224 e. The summed E-state index contributed by atoms with van der Waals surface area (Å²) in [5, 5.41) is 3.30. The van der Waals surface area contributed by atoms with Crippen molar-refractivity contribution in [2.24, 2.45) is 0 Å². The second kappa shape index (κ2) is 9.78. The zero-order valence-corrected chi connectivity index (χ0v) is 15.3. The lowest BCUT2D eigenvalue weighted by Gasteiger charge is -2.37. The van der Waals surface area contributed by atoms with Crippen LogP contribution < -0.4 is 10.0 Å². The Morgan fingerprint density at radius 2 is 2.17 bits per heavy atom. The summed E-state index contributed by atoms with van der Waals surface area (Å²) in [5.41, 5.74) is 0. The highest BCUT2D eigenvalue weighted by Gasteiger charge is 2.28. The van der Waals surface area contributed by atoms with E-state index in [9.17, 15) is 13.2 Å². The molecule has 0 aliphatic carbocycles. The highest BCUT2D eigenvalue weighted by atomic mass is 35.5. The van der Waals surface area contributed by atoms with Gasteiger partial charge in [-0.1, -0.05) is 0 Å². The fourth-order valence-corrected chi connectivity index (χ4v) is 3.61. The molecule has 0 aromatic heterocycles. The summed E-state index contributed by atoms with van der Waals surface area (Å²) in [5.74, 6) is 0.145. The Labute approximate surface area is 145 Å². The van der Waals surface area contributed by atoms with Crippen molar-refractivity contribution in [3.05, 3.63) is 0 Å². The van der Waals surface area contributed by atoms with Gasteiger partial charge in [0.05, 0.1) is 19.5 Å². The van der Waals surface area contributed by atoms with E-state index in [4.69, 9.17) is 4.74 Å². The van der Waals surface area contributed by atoms with Crippen molar-refractivity contribution < 1.29 is 17.9 Å². The fraction of sp³-hybridized carbons (Fsp3) is 0.929. The largest absolute Gasteiger partial charge is 0.378 e. The first-order valence-electron chi connectivity index (χ1n) is 8.01. The zero-order chi connectivity index (χ0) is 16.0. The molecule has 2 fully saturated rings. The molecule has 2 heterocycles. The van der Waals surface area contributed by atoms with Crippen LogP contribution in [-0.2, 0) is 19.6 Å². The van der Waals surface area contributed by atoms with Crippen molar-refractivity contribution in [1.29, 1.82) is 0 Å². The van der Waals surface area contributed by atoms with Crippen LogP contribution in [0.25, 0.3) is 0 Å². The number of likely N-dealkylation sites (tertiary alicyclic amines) is 1. The number of carbonyl (C=O) groups excluding carboxylic acids is 1. The number of nitrogens with one attached hydrogen (secondary N) is 2. The minimum atomic E-state index is -3.17. The number of ether oxygens (including phenoxy) is 1. The molecule has 136 valence electrons. The van der Waals surface area contributed by atoms with Gasteiger partial charge in [-0.25, -0.2) is 13.1 Å². The minimum Gasteiger partial charge on any atom is -0.378 e. The molecule has 2 rings (SSSR count). The summed E-state index contributed by atoms with van der Waals surface area (Å²) in [6, 6.07) is 0.234. The lowest BCUT2D eigenvalue weighted by Crippen LogP contribution is -2.49. The number of carbonyl (C=O) groups is 1. The van der Waals surface area contributed by atoms with E-state index < -0.39 is 10.0 Å². The van der Waals surface area contributed by atoms with Crippen LogP contribution in [0.3, 0.4) is 0 Å². The van der Waals surface area contributed by atoms with Crippen LogP contribution in [-0.4, -0.2) is 70.4 Å². The molecule has 2 atom stereocenters. The molecule has 0 spiro atoms. The first kappa shape index (κ1) is 20.6. The Kier molecular flexibility index (Phi) is 8.78. The van der Waals surface area contributed by atoms with E-state index in [1.165, 1.54) is 0 Å². The predicted octanol–water partition coefficient (Wildman–Crippen LogP) is 0.107. The maximum absolute atomic E-state index is 12.5. The third-order valence-corrected chi connectivity index (χ3v) is 4.94. The maximum atomic E-state index is 12.5. The van der Waals surface area contributed by atoms with Gasteiger partial charge in [0.1, 0.15) is 0 Å². The molecule has 0 radical (unpaired) electrons. The molecular weight excluding hydrogens is 342 g/mol. The van der Waals surface area contributed by atoms with Gasteiger partial charge in [0.25, 0.3) is 0 Å². The second-order valence-corrected chi connectivity index (χ2v) is 7.96. The summed E-state index contributed by atoms with van der Waals surface area (Å²) < 4.78 is 30.2. The van der Waals surface area contributed by atoms with Crippen LogP contribution in [0.5, 0.6) is 0 Å². The second-order valence-electron chi connectivity index (χ2n) is 6.12. The molecule has 1 amide bonds. The molecule has 9 heteroatoms. The molecule has 0 saturated carbocycles. The zero-order valence-electron chi connectivity index (χ0n) is 13.6. The van der Waals surface area contributed by atoms with Gasteiger partial charge >= 0.3 is 0 Å². The highest BCUT2D eigenvalue weighted by Crippen LogP contribution is 2.21. The first-order chi connectivity index (χ1) is 10.5. The standard InChI is InChI=1S/C14H27N3O4S.ClH/c1-22(19,20)16-6-5-13-4-2-3-8-17(13)14(18)10-12-11-21-9-7-15-12;/h12-13,15-16H,2-11H2,1H3;1H. The lowest BCUT2D eigenvalue weighted by atomic mass is 9.98. The lowest BCUT2D eigenvalue weighted by molar-refractivity contribution is -0.136. The van der Waals surface area contributed by atoms with E-state index in [-0.39, 0.29) is 30.4 Å². The topological polar surface area (TPSA) is 87.7 Å². The number of halogens is 1. The quantitative estimate of drug-likeness (QED) is 0.693. The van der Waals surface area contributed by atoms with Crippen molar-refractivity contribution >= 4 is 28.3 Å². The highest BCUT2D eigenvalue weighted by molar-refractivity contribution is 7.88. The number of nitrogens with zero attached hydrogens (tertiary/aromatic N) is 1. The average molecular weight is 370 g/mol. The van der Waals surface area contributed by atoms with Gasteiger partial charge in [-0.15, -0.1) is 12.4 Å². The van der Waals surface area contributed by atoms with Crippen LogP contribution in [0.4, 0.5) is 0 Å². The Balaban J connectivity index is 0.00000264. The van der Waals surface area contributed by atoms with Crippen molar-refractivity contribution in [2.75, 3.05) is 39.1 Å². The summed E-state index contributed by atoms with van der Waals surface area (Å²) in [4.78, 5) is 14.5. The molecular formula is C14H28ClN3O4S. The molecule has 0 aromatic rings. The van der Waals surface area contributed by atoms with Gasteiger partial charge in [-0.2, -0.15) is 0 Å². The van der Waals surface area contributed by atoms with E-state index >= 15 is 0 Å². The molecule has 0 bridgehead atoms. The molecule has 0 aromatic carbocycles. The number of amides is 1. The molecule has 2 unspecified atom stereocenters. The Morgan fingerprint density at radius 3 is 2.83 bits per heavy atom. The van der Waals surface area contributed by atoms with Crippen molar-refractivity contribution in [2.45, 2.75) is 44.2 Å². The number of sulfonamides is 1. The van der Waals surface area contributed by atoms with E-state index in [1.807, 2.05) is 4.90 Å². The van der Waals surface area contributed by atoms with Gasteiger partial charge < -0.3 is 15.0 Å². The molecule has 2 saturated heterocycles. The SMILES string of the molecule is CS(=O)(=O)NCCC1CCCCN1C(=O)CC1COCCN1.Cl. The number of hydrogen-bond donors (Lipinski definition) is 2. The molecule has 2 aliphatic rings. The number of piperidine rings is 1. The van der Waals surface area contributed by atoms with Gasteiger partial charge in [-0.3, -0.25) is 4.79 Å². The Morgan fingerprint density at radius 1 is 1.39 bits per heavy atom. The summed E-state index contributed by atoms with van der Waals surface area (Å²) >= 11 is 0. The van der Waals surface area contributed by atoms with Gasteiger partial charge in [0.2, 0.25) is 15.9 Å². The molecule has 7 nitrogen and oxygen atoms in total. The van der Waals surface area contributed by atoms with E-state index in [1.54, 1.807) is 0 Å². The Hall–Kier alpha value is -0.410. The van der Waals surface area contributed by atoms with Gasteiger partial charge in [-0.05, 0) is 25.7 Å². The third-order valence-electron chi connectivity index (χ3n) is 4.21. The van der Waals surface area contributed by atoms with Gasteiger partial charge in [0, 0.05) is 38.1 Å². The summed E-state index contributed by atoms with van der Waals surface area (Å²) in [7, 11) is -3.17. The summed E-state index contributed by atoms with van der Waals surface area (Å²) in [6.45, 7) is 3.24. The van der Waals surface area contributed by atoms with Crippen LogP contribution in [0, 0.1) is 0 Å². The van der Waals surface area contributed by atoms with Crippen LogP contribution in [0.15, 0.2) is 0 Å². The van der Waals surface area contributed by atoms with Crippen LogP contribution >= 0.6 is 12.4 Å². The average Bonchev–Trinajstić information content (AvgIpc) is 2.47. The van der Waals surface area contributed by atoms with Crippen LogP contribution in [0.2, 0.25) is 0 Å². The van der Waals surface area contributed by atoms with Crippen LogP contribution in [0.1, 0.15) is 32.1 Å². The number of rotatable bonds is 6. The maximum Gasteiger partial charge on any atom is 0.224 e. The van der Waals surface area contributed by atoms with Gasteiger partial charge in [0.15, 0.2) is 0 Å². The number of morpholine rings is 1. The van der Waals surface area contributed by atoms with Crippen molar-refractivity contribution in [1.82, 2.24) is 14.9 Å². The molecule has 2 aliphatic heterocycles. The monoisotopic (exact) mass is 369 g/mol. The number of hydrogen-bond acceptors (Lipinski definition) is 5. The third kappa shape index (κ3) is 7.34. The Bertz CT molecular complexity index is 469. The normalized spacial score (nSPS) is 25.7. The van der Waals surface area contributed by atoms with E-state index in [0.717, 1.165) is 38.6 Å². The summed E-state index contributed by atoms with van der Waals surface area (Å²) in [6.07, 6.45) is 5.36. The van der Waals surface area contributed by atoms with Crippen molar-refractivity contribution in [3.63, 3.8) is 0 Å². The van der Waals surface area contributed by atoms with E-state index in [2.05, 4.69) is 10.0 Å². The predicted molar refractivity (Wildman–Crippen MR) is 91.3 cm³/mol. The molecule has 23 heavy (non-hydrogen) atoms. The van der Waals surface area contributed by atoms with Crippen molar-refractivity contribution in [3.8, 4) is 0 Å². The fourth-order valence-electron chi connectivity index (χ4n) is 3.12. The molecule has 2 N–H and O–H groups in total. The minimum absolute atomic E-state index is 0.